The number of rotatable bonds is 5. The van der Waals surface area contributed by atoms with E-state index in [1.54, 1.807) is 13.8 Å². The van der Waals surface area contributed by atoms with Gasteiger partial charge in [-0.3, -0.25) is 9.59 Å². The predicted molar refractivity (Wildman–Crippen MR) is 92.3 cm³/mol. The fraction of sp³-hybridized carbons (Fsp3) is 0.556. The third kappa shape index (κ3) is 4.12. The molecule has 0 spiro atoms. The van der Waals surface area contributed by atoms with Crippen LogP contribution in [-0.2, 0) is 19.2 Å². The maximum atomic E-state index is 12.4. The summed E-state index contributed by atoms with van der Waals surface area (Å²) < 4.78 is 0. The monoisotopic (exact) mass is 364 g/mol. The highest BCUT2D eigenvalue weighted by Gasteiger charge is 2.35. The average Bonchev–Trinajstić information content (AvgIpc) is 3.26. The summed E-state index contributed by atoms with van der Waals surface area (Å²) in [5, 5.41) is 18.3. The number of hydrogen-bond donors (Lipinski definition) is 2. The van der Waals surface area contributed by atoms with E-state index in [9.17, 15) is 29.4 Å². The highest BCUT2D eigenvalue weighted by molar-refractivity contribution is 5.98. The molecule has 0 unspecified atom stereocenters. The van der Waals surface area contributed by atoms with Gasteiger partial charge in [0.05, 0.1) is 0 Å². The summed E-state index contributed by atoms with van der Waals surface area (Å²) in [5.41, 5.74) is 0.669. The van der Waals surface area contributed by atoms with Gasteiger partial charge in [-0.25, -0.2) is 9.59 Å². The maximum Gasteiger partial charge on any atom is 0.326 e. The number of allylic oxidation sites excluding steroid dienone is 2. The normalized spacial score (nSPS) is 24.1. The number of carbonyl (C=O) groups is 4. The van der Waals surface area contributed by atoms with Gasteiger partial charge in [0.1, 0.15) is 12.1 Å². The zero-order valence-corrected chi connectivity index (χ0v) is 15.0. The molecule has 0 bridgehead atoms. The standard InChI is InChI=1S/C18H24N2O6/c1-11(15(21)19-9-3-5-13(19)17(23)24)7-8-12(2)16(22)20-10-4-6-14(20)18(25)26/h7-8,13-14H,3-6,9-10H2,1-2H3,(H,23,24)(H,25,26)/t13-,14-/m1/s1. The van der Waals surface area contributed by atoms with E-state index in [-0.39, 0.29) is 11.8 Å². The smallest absolute Gasteiger partial charge is 0.326 e. The molecule has 2 rings (SSSR count). The molecule has 26 heavy (non-hydrogen) atoms. The van der Waals surface area contributed by atoms with Crippen LogP contribution in [-0.4, -0.2) is 68.9 Å². The number of hydrogen-bond acceptors (Lipinski definition) is 4. The molecular formula is C18H24N2O6. The number of amides is 2. The predicted octanol–water partition coefficient (Wildman–Crippen LogP) is 1.03. The molecule has 8 heteroatoms. The SMILES string of the molecule is CC(=CC=C(C)C(=O)N1CCC[C@@H]1C(=O)O)C(=O)N1CCC[C@@H]1C(=O)O. The van der Waals surface area contributed by atoms with E-state index in [2.05, 4.69) is 0 Å². The molecule has 2 aliphatic rings. The van der Waals surface area contributed by atoms with E-state index in [0.29, 0.717) is 49.9 Å². The van der Waals surface area contributed by atoms with Crippen molar-refractivity contribution < 1.29 is 29.4 Å². The molecule has 2 amide bonds. The molecule has 0 aromatic heterocycles. The average molecular weight is 364 g/mol. The van der Waals surface area contributed by atoms with Gasteiger partial charge in [-0.15, -0.1) is 0 Å². The van der Waals surface area contributed by atoms with Gasteiger partial charge >= 0.3 is 11.9 Å². The second-order valence-corrected chi connectivity index (χ2v) is 6.69. The highest BCUT2D eigenvalue weighted by Crippen LogP contribution is 2.21. The van der Waals surface area contributed by atoms with Crippen LogP contribution in [0.4, 0.5) is 0 Å². The van der Waals surface area contributed by atoms with Crippen molar-refractivity contribution in [3.63, 3.8) is 0 Å². The Morgan fingerprint density at radius 3 is 1.42 bits per heavy atom. The number of likely N-dealkylation sites (tertiary alicyclic amines) is 2. The minimum absolute atomic E-state index is 0.335. The van der Waals surface area contributed by atoms with Gasteiger partial charge in [0.15, 0.2) is 0 Å². The number of carbonyl (C=O) groups excluding carboxylic acids is 2. The van der Waals surface area contributed by atoms with Crippen molar-refractivity contribution in [2.24, 2.45) is 0 Å². The summed E-state index contributed by atoms with van der Waals surface area (Å²) in [5.74, 6) is -2.76. The lowest BCUT2D eigenvalue weighted by Gasteiger charge is -2.22. The Kier molecular flexibility index (Phi) is 6.18. The third-order valence-corrected chi connectivity index (χ3v) is 4.86. The summed E-state index contributed by atoms with van der Waals surface area (Å²) in [7, 11) is 0. The van der Waals surface area contributed by atoms with Crippen LogP contribution < -0.4 is 0 Å². The molecule has 2 fully saturated rings. The topological polar surface area (TPSA) is 115 Å². The first kappa shape index (κ1) is 19.7. The summed E-state index contributed by atoms with van der Waals surface area (Å²) in [6, 6.07) is -1.61. The zero-order chi connectivity index (χ0) is 19.4. The fourth-order valence-corrected chi connectivity index (χ4v) is 3.38. The fourth-order valence-electron chi connectivity index (χ4n) is 3.38. The van der Waals surface area contributed by atoms with Gasteiger partial charge in [0.2, 0.25) is 11.8 Å². The summed E-state index contributed by atoms with van der Waals surface area (Å²) in [4.78, 5) is 49.9. The van der Waals surface area contributed by atoms with E-state index >= 15 is 0 Å². The van der Waals surface area contributed by atoms with E-state index in [0.717, 1.165) is 0 Å². The van der Waals surface area contributed by atoms with Crippen molar-refractivity contribution in [3.8, 4) is 0 Å². The van der Waals surface area contributed by atoms with E-state index in [1.165, 1.54) is 22.0 Å². The number of carboxylic acid groups (broad SMARTS) is 2. The molecule has 0 radical (unpaired) electrons. The van der Waals surface area contributed by atoms with Gasteiger partial charge in [-0.2, -0.15) is 0 Å². The Morgan fingerprint density at radius 1 is 0.769 bits per heavy atom. The van der Waals surface area contributed by atoms with E-state index in [4.69, 9.17) is 0 Å². The van der Waals surface area contributed by atoms with Gasteiger partial charge in [0, 0.05) is 24.2 Å². The van der Waals surface area contributed by atoms with Gasteiger partial charge in [-0.05, 0) is 39.5 Å². The van der Waals surface area contributed by atoms with Crippen LogP contribution in [0.2, 0.25) is 0 Å². The Bertz CT molecular complexity index is 623. The van der Waals surface area contributed by atoms with Gasteiger partial charge in [-0.1, -0.05) is 12.2 Å². The van der Waals surface area contributed by atoms with Crippen LogP contribution in [0.5, 0.6) is 0 Å². The zero-order valence-electron chi connectivity index (χ0n) is 15.0. The summed E-state index contributed by atoms with van der Waals surface area (Å²) in [6.45, 7) is 3.95. The molecule has 2 heterocycles. The van der Waals surface area contributed by atoms with E-state index in [1.807, 2.05) is 0 Å². The van der Waals surface area contributed by atoms with Crippen molar-refractivity contribution in [2.75, 3.05) is 13.1 Å². The quantitative estimate of drug-likeness (QED) is 0.556. The number of aliphatic carboxylic acids is 2. The minimum atomic E-state index is -1.01. The van der Waals surface area contributed by atoms with Crippen LogP contribution in [0, 0.1) is 0 Å². The second-order valence-electron chi connectivity index (χ2n) is 6.69. The lowest BCUT2D eigenvalue weighted by Crippen LogP contribution is -2.41. The van der Waals surface area contributed by atoms with Crippen molar-refractivity contribution in [2.45, 2.75) is 51.6 Å². The largest absolute Gasteiger partial charge is 0.480 e. The first-order valence-electron chi connectivity index (χ1n) is 8.66. The Morgan fingerprint density at radius 2 is 1.12 bits per heavy atom. The molecule has 2 N–H and O–H groups in total. The van der Waals surface area contributed by atoms with Crippen LogP contribution in [0.1, 0.15) is 39.5 Å². The molecule has 0 saturated carbocycles. The third-order valence-electron chi connectivity index (χ3n) is 4.86. The molecule has 2 saturated heterocycles. The van der Waals surface area contributed by atoms with Crippen LogP contribution in [0.15, 0.2) is 23.3 Å². The molecule has 0 aromatic rings. The lowest BCUT2D eigenvalue weighted by atomic mass is 10.1. The highest BCUT2D eigenvalue weighted by atomic mass is 16.4. The Balaban J connectivity index is 2.08. The van der Waals surface area contributed by atoms with Crippen molar-refractivity contribution in [3.05, 3.63) is 23.3 Å². The second kappa shape index (κ2) is 8.16. The van der Waals surface area contributed by atoms with Crippen LogP contribution >= 0.6 is 0 Å². The molecule has 2 atom stereocenters. The number of nitrogens with zero attached hydrogens (tertiary/aromatic N) is 2. The lowest BCUT2D eigenvalue weighted by molar-refractivity contribution is -0.147. The van der Waals surface area contributed by atoms with Crippen molar-refractivity contribution >= 4 is 23.8 Å². The van der Waals surface area contributed by atoms with Crippen molar-refractivity contribution in [1.29, 1.82) is 0 Å². The molecule has 2 aliphatic heterocycles. The first-order valence-corrected chi connectivity index (χ1v) is 8.66. The van der Waals surface area contributed by atoms with E-state index < -0.39 is 24.0 Å². The Labute approximate surface area is 151 Å². The number of carboxylic acids is 2. The van der Waals surface area contributed by atoms with Gasteiger partial charge < -0.3 is 20.0 Å². The minimum Gasteiger partial charge on any atom is -0.480 e. The molecule has 8 nitrogen and oxygen atoms in total. The first-order chi connectivity index (χ1) is 12.2. The van der Waals surface area contributed by atoms with Crippen molar-refractivity contribution in [1.82, 2.24) is 9.80 Å². The van der Waals surface area contributed by atoms with Crippen LogP contribution in [0.3, 0.4) is 0 Å². The molecular weight excluding hydrogens is 340 g/mol. The molecule has 0 aromatic carbocycles. The maximum absolute atomic E-state index is 12.4. The summed E-state index contributed by atoms with van der Waals surface area (Å²) in [6.07, 6.45) is 5.14. The summed E-state index contributed by atoms with van der Waals surface area (Å²) >= 11 is 0. The van der Waals surface area contributed by atoms with Gasteiger partial charge in [0.25, 0.3) is 0 Å². The Hall–Kier alpha value is -2.64. The molecule has 142 valence electrons. The molecule has 0 aliphatic carbocycles. The van der Waals surface area contributed by atoms with Crippen LogP contribution in [0.25, 0.3) is 0 Å².